The van der Waals surface area contributed by atoms with Crippen molar-refractivity contribution in [3.8, 4) is 5.75 Å². The van der Waals surface area contributed by atoms with Crippen LogP contribution in [0.15, 0.2) is 24.3 Å². The maximum Gasteiger partial charge on any atom is 0.514 e. The molecule has 0 fully saturated rings. The Morgan fingerprint density at radius 2 is 1.42 bits per heavy atom. The highest BCUT2D eigenvalue weighted by molar-refractivity contribution is 5.90. The van der Waals surface area contributed by atoms with E-state index in [0.29, 0.717) is 0 Å². The van der Waals surface area contributed by atoms with Gasteiger partial charge in [0.15, 0.2) is 5.60 Å². The van der Waals surface area contributed by atoms with Crippen molar-refractivity contribution in [2.24, 2.45) is 0 Å². The fourth-order valence-corrected chi connectivity index (χ4v) is 1.63. The predicted octanol–water partition coefficient (Wildman–Crippen LogP) is 2.32. The van der Waals surface area contributed by atoms with Crippen LogP contribution in [-0.4, -0.2) is 35.2 Å². The van der Waals surface area contributed by atoms with Crippen molar-refractivity contribution in [3.05, 3.63) is 29.8 Å². The van der Waals surface area contributed by atoms with E-state index >= 15 is 0 Å². The first kappa shape index (κ1) is 21.3. The van der Waals surface area contributed by atoms with Gasteiger partial charge in [-0.05, 0) is 58.9 Å². The number of halogens is 2. The molecule has 0 aromatic heterocycles. The van der Waals surface area contributed by atoms with Gasteiger partial charge in [0.1, 0.15) is 17.3 Å². The molecule has 0 radical (unpaired) electrons. The molecule has 0 unspecified atom stereocenters. The molecule has 26 heavy (non-hydrogen) atoms. The average Bonchev–Trinajstić information content (AvgIpc) is 2.44. The number of ether oxygens (including phenoxy) is 3. The number of hydrogen-bond acceptors (Lipinski definition) is 7. The van der Waals surface area contributed by atoms with E-state index < -0.39 is 35.2 Å². The number of carbonyl (C=O) groups is 3. The molecule has 0 saturated heterocycles. The van der Waals surface area contributed by atoms with Crippen LogP contribution in [0.2, 0.25) is 0 Å². The van der Waals surface area contributed by atoms with Crippen LogP contribution in [0.3, 0.4) is 0 Å². The van der Waals surface area contributed by atoms with Crippen LogP contribution in [0.4, 0.5) is 13.6 Å². The molecule has 1 rings (SSSR count). The molecule has 0 heterocycles. The van der Waals surface area contributed by atoms with Crippen LogP contribution in [0.1, 0.15) is 45.0 Å². The lowest BCUT2D eigenvalue weighted by Gasteiger charge is -2.33. The van der Waals surface area contributed by atoms with E-state index in [9.17, 15) is 28.3 Å². The second kappa shape index (κ2) is 7.27. The highest BCUT2D eigenvalue weighted by Gasteiger charge is 2.51. The second-order valence-electron chi connectivity index (χ2n) is 6.85. The zero-order valence-corrected chi connectivity index (χ0v) is 14.9. The van der Waals surface area contributed by atoms with Crippen LogP contribution in [0.5, 0.6) is 5.75 Å². The Morgan fingerprint density at radius 1 is 0.923 bits per heavy atom. The monoisotopic (exact) mass is 373 g/mol. The van der Waals surface area contributed by atoms with Gasteiger partial charge >= 0.3 is 18.0 Å². The van der Waals surface area contributed by atoms with Crippen LogP contribution in [-0.2, 0) is 14.3 Å². The van der Waals surface area contributed by atoms with Gasteiger partial charge < -0.3 is 24.1 Å². The minimum Gasteiger partial charge on any atom is -0.544 e. The molecule has 0 atom stereocenters. The van der Waals surface area contributed by atoms with Gasteiger partial charge in [0.25, 0.3) is 0 Å². The molecule has 1 aromatic carbocycles. The highest BCUT2D eigenvalue weighted by Crippen LogP contribution is 2.32. The molecule has 0 amide bonds. The first-order valence-electron chi connectivity index (χ1n) is 7.49. The van der Waals surface area contributed by atoms with Crippen molar-refractivity contribution in [2.75, 3.05) is 0 Å². The number of hydrogen-bond donors (Lipinski definition) is 0. The molecule has 9 heteroatoms. The molecule has 0 aliphatic carbocycles. The first-order valence-corrected chi connectivity index (χ1v) is 7.49. The average molecular weight is 373 g/mol. The summed E-state index contributed by atoms with van der Waals surface area (Å²) in [5.41, 5.74) is -3.53. The zero-order chi connectivity index (χ0) is 20.3. The molecular formula is C17H19F2O7-. The Labute approximate surface area is 148 Å². The van der Waals surface area contributed by atoms with Gasteiger partial charge in [0, 0.05) is 0 Å². The zero-order valence-electron chi connectivity index (χ0n) is 14.9. The van der Waals surface area contributed by atoms with Gasteiger partial charge in [-0.15, -0.1) is 0 Å². The van der Waals surface area contributed by atoms with Crippen molar-refractivity contribution < 1.29 is 42.5 Å². The smallest absolute Gasteiger partial charge is 0.514 e. The summed E-state index contributed by atoms with van der Waals surface area (Å²) in [6.45, 7) is 6.45. The molecule has 1 aromatic rings. The van der Waals surface area contributed by atoms with Crippen LogP contribution >= 0.6 is 0 Å². The Morgan fingerprint density at radius 3 is 1.85 bits per heavy atom. The maximum atomic E-state index is 13.5. The molecule has 0 aliphatic heterocycles. The van der Waals surface area contributed by atoms with Crippen LogP contribution in [0, 0.1) is 0 Å². The van der Waals surface area contributed by atoms with Crippen LogP contribution < -0.4 is 9.84 Å². The fourth-order valence-electron chi connectivity index (χ4n) is 1.63. The van der Waals surface area contributed by atoms with Crippen molar-refractivity contribution in [1.82, 2.24) is 0 Å². The number of carboxylic acid groups (broad SMARTS) is 1. The number of carboxylic acids is 1. The number of carbonyl (C=O) groups excluding carboxylic acids is 3. The van der Waals surface area contributed by atoms with E-state index in [4.69, 9.17) is 9.47 Å². The Kier molecular flexibility index (Phi) is 5.96. The number of rotatable bonds is 5. The quantitative estimate of drug-likeness (QED) is 0.576. The molecule has 7 nitrogen and oxygen atoms in total. The number of aliphatic carboxylic acids is 1. The molecule has 144 valence electrons. The molecule has 0 aliphatic rings. The minimum atomic E-state index is -4.39. The number of benzene rings is 1. The minimum absolute atomic E-state index is 0.0510. The van der Waals surface area contributed by atoms with Gasteiger partial charge in [-0.25, -0.2) is 9.59 Å². The van der Waals surface area contributed by atoms with E-state index in [-0.39, 0.29) is 11.3 Å². The maximum absolute atomic E-state index is 13.5. The molecule has 0 saturated carbocycles. The SMILES string of the molecule is CC(C)(C)OC(=O)Oc1ccc(C(=O)OC(C)(C)C(F)(F)C(=O)[O-])cc1. The Hall–Kier alpha value is -2.71. The summed E-state index contributed by atoms with van der Waals surface area (Å²) in [5.74, 6) is -8.17. The van der Waals surface area contributed by atoms with Gasteiger partial charge in [0.2, 0.25) is 0 Å². The van der Waals surface area contributed by atoms with Crippen molar-refractivity contribution in [1.29, 1.82) is 0 Å². The number of alkyl halides is 2. The molecule has 0 N–H and O–H groups in total. The van der Waals surface area contributed by atoms with Gasteiger partial charge in [0.05, 0.1) is 5.56 Å². The lowest BCUT2D eigenvalue weighted by atomic mass is 10.0. The summed E-state index contributed by atoms with van der Waals surface area (Å²) in [6.07, 6.45) is -0.956. The molecular weight excluding hydrogens is 354 g/mol. The summed E-state index contributed by atoms with van der Waals surface area (Å²) in [7, 11) is 0. The standard InChI is InChI=1S/C17H20F2O7/c1-15(2,3)26-14(23)24-11-8-6-10(7-9-11)12(20)25-16(4,5)17(18,19)13(21)22/h6-9H,1-5H3,(H,21,22)/p-1. The summed E-state index contributed by atoms with van der Waals surface area (Å²) in [6, 6.07) is 4.78. The highest BCUT2D eigenvalue weighted by atomic mass is 19.3. The topological polar surface area (TPSA) is 102 Å². The van der Waals surface area contributed by atoms with Crippen molar-refractivity contribution in [2.45, 2.75) is 51.7 Å². The summed E-state index contributed by atoms with van der Waals surface area (Å²) in [5, 5.41) is 10.5. The largest absolute Gasteiger partial charge is 0.544 e. The van der Waals surface area contributed by atoms with E-state index in [1.54, 1.807) is 20.8 Å². The van der Waals surface area contributed by atoms with E-state index in [1.165, 1.54) is 12.1 Å². The lowest BCUT2D eigenvalue weighted by molar-refractivity contribution is -0.341. The summed E-state index contributed by atoms with van der Waals surface area (Å²) in [4.78, 5) is 34.0. The first-order chi connectivity index (χ1) is 11.7. The normalized spacial score (nSPS) is 12.3. The van der Waals surface area contributed by atoms with E-state index in [0.717, 1.165) is 26.0 Å². The van der Waals surface area contributed by atoms with Crippen molar-refractivity contribution >= 4 is 18.1 Å². The summed E-state index contributed by atoms with van der Waals surface area (Å²) < 4.78 is 41.5. The Bertz CT molecular complexity index is 688. The third-order valence-corrected chi connectivity index (χ3v) is 3.04. The van der Waals surface area contributed by atoms with Crippen LogP contribution in [0.25, 0.3) is 0 Å². The Balaban J connectivity index is 2.81. The molecule has 0 bridgehead atoms. The lowest BCUT2D eigenvalue weighted by Crippen LogP contribution is -2.57. The fraction of sp³-hybridized carbons (Fsp3) is 0.471. The third-order valence-electron chi connectivity index (χ3n) is 3.04. The van der Waals surface area contributed by atoms with Gasteiger partial charge in [-0.3, -0.25) is 0 Å². The van der Waals surface area contributed by atoms with E-state index in [1.807, 2.05) is 0 Å². The number of esters is 1. The van der Waals surface area contributed by atoms with E-state index in [2.05, 4.69) is 4.74 Å². The van der Waals surface area contributed by atoms with Gasteiger partial charge in [-0.2, -0.15) is 8.78 Å². The second-order valence-corrected chi connectivity index (χ2v) is 6.85. The van der Waals surface area contributed by atoms with Gasteiger partial charge in [-0.1, -0.05) is 0 Å². The third kappa shape index (κ3) is 5.40. The predicted molar refractivity (Wildman–Crippen MR) is 82.8 cm³/mol. The molecule has 0 spiro atoms. The summed E-state index contributed by atoms with van der Waals surface area (Å²) >= 11 is 0. The van der Waals surface area contributed by atoms with Crippen molar-refractivity contribution in [3.63, 3.8) is 0 Å².